The molecule has 2 aromatic rings. The molecule has 4 nitrogen and oxygen atoms in total. The third-order valence-electron chi connectivity index (χ3n) is 3.51. The Balaban J connectivity index is 1.91. The molecular formula is C19H18BrFN2O2. The number of rotatable bonds is 5. The standard InChI is InChI=1S/C19H18BrFN2O2/c1-13-11-15(20)6-9-17(13)22-18(24)12-23(2)19(25)10-5-14-3-7-16(21)8-4-14/h3-11H,12H2,1-2H3,(H,22,24)/b10-5-. The Morgan fingerprint density at radius 3 is 2.52 bits per heavy atom. The van der Waals surface area contributed by atoms with Crippen molar-refractivity contribution in [3.8, 4) is 0 Å². The lowest BCUT2D eigenvalue weighted by Gasteiger charge is -2.15. The molecule has 2 aromatic carbocycles. The Labute approximate surface area is 154 Å². The lowest BCUT2D eigenvalue weighted by Crippen LogP contribution is -2.34. The zero-order valence-corrected chi connectivity index (χ0v) is 15.5. The van der Waals surface area contributed by atoms with Crippen molar-refractivity contribution in [3.05, 3.63) is 70.0 Å². The zero-order valence-electron chi connectivity index (χ0n) is 13.9. The van der Waals surface area contributed by atoms with Gasteiger partial charge in [-0.25, -0.2) is 4.39 Å². The minimum Gasteiger partial charge on any atom is -0.333 e. The SMILES string of the molecule is Cc1cc(Br)ccc1NC(=O)CN(C)C(=O)/C=C\c1ccc(F)cc1. The Hall–Kier alpha value is -2.47. The predicted molar refractivity (Wildman–Crippen MR) is 101 cm³/mol. The van der Waals surface area contributed by atoms with E-state index in [9.17, 15) is 14.0 Å². The van der Waals surface area contributed by atoms with E-state index in [1.165, 1.54) is 23.1 Å². The molecular weight excluding hydrogens is 387 g/mol. The van der Waals surface area contributed by atoms with Crippen molar-refractivity contribution in [3.63, 3.8) is 0 Å². The van der Waals surface area contributed by atoms with Crippen LogP contribution in [0.15, 0.2) is 53.0 Å². The third kappa shape index (κ3) is 5.83. The quantitative estimate of drug-likeness (QED) is 0.765. The summed E-state index contributed by atoms with van der Waals surface area (Å²) in [7, 11) is 1.55. The van der Waals surface area contributed by atoms with Crippen LogP contribution in [0.25, 0.3) is 6.08 Å². The molecule has 0 bridgehead atoms. The molecule has 6 heteroatoms. The molecule has 0 saturated carbocycles. The number of likely N-dealkylation sites (N-methyl/N-ethyl adjacent to an activating group) is 1. The molecule has 0 spiro atoms. The molecule has 0 atom stereocenters. The van der Waals surface area contributed by atoms with Gasteiger partial charge in [0.2, 0.25) is 11.8 Å². The molecule has 2 rings (SSSR count). The van der Waals surface area contributed by atoms with E-state index in [-0.39, 0.29) is 24.2 Å². The summed E-state index contributed by atoms with van der Waals surface area (Å²) in [6.45, 7) is 1.82. The molecule has 0 aromatic heterocycles. The summed E-state index contributed by atoms with van der Waals surface area (Å²) in [6, 6.07) is 11.3. The number of amides is 2. The van der Waals surface area contributed by atoms with Gasteiger partial charge in [0.15, 0.2) is 0 Å². The summed E-state index contributed by atoms with van der Waals surface area (Å²) in [5, 5.41) is 2.78. The van der Waals surface area contributed by atoms with Gasteiger partial charge in [-0.05, 0) is 54.5 Å². The van der Waals surface area contributed by atoms with Gasteiger partial charge in [-0.1, -0.05) is 28.1 Å². The van der Waals surface area contributed by atoms with E-state index in [2.05, 4.69) is 21.2 Å². The van der Waals surface area contributed by atoms with E-state index < -0.39 is 0 Å². The maximum absolute atomic E-state index is 12.8. The fraction of sp³-hybridized carbons (Fsp3) is 0.158. The van der Waals surface area contributed by atoms with Gasteiger partial charge < -0.3 is 10.2 Å². The molecule has 130 valence electrons. The summed E-state index contributed by atoms with van der Waals surface area (Å²) in [4.78, 5) is 25.5. The maximum Gasteiger partial charge on any atom is 0.246 e. The first-order valence-corrected chi connectivity index (χ1v) is 8.39. The van der Waals surface area contributed by atoms with Crippen molar-refractivity contribution in [2.24, 2.45) is 0 Å². The van der Waals surface area contributed by atoms with Crippen LogP contribution >= 0.6 is 15.9 Å². The van der Waals surface area contributed by atoms with Crippen LogP contribution in [0, 0.1) is 12.7 Å². The van der Waals surface area contributed by atoms with E-state index in [1.54, 1.807) is 31.3 Å². The number of anilines is 1. The molecule has 0 unspecified atom stereocenters. The van der Waals surface area contributed by atoms with Gasteiger partial charge in [0, 0.05) is 23.3 Å². The van der Waals surface area contributed by atoms with Gasteiger partial charge in [-0.15, -0.1) is 0 Å². The largest absolute Gasteiger partial charge is 0.333 e. The highest BCUT2D eigenvalue weighted by molar-refractivity contribution is 9.10. The molecule has 1 N–H and O–H groups in total. The summed E-state index contributed by atoms with van der Waals surface area (Å²) in [5.74, 6) is -0.927. The first-order chi connectivity index (χ1) is 11.8. The van der Waals surface area contributed by atoms with E-state index in [1.807, 2.05) is 19.1 Å². The van der Waals surface area contributed by atoms with Crippen molar-refractivity contribution >= 4 is 39.5 Å². The highest BCUT2D eigenvalue weighted by Gasteiger charge is 2.11. The normalized spacial score (nSPS) is 10.7. The fourth-order valence-corrected chi connectivity index (χ4v) is 2.59. The number of nitrogens with zero attached hydrogens (tertiary/aromatic N) is 1. The van der Waals surface area contributed by atoms with E-state index in [0.29, 0.717) is 11.3 Å². The molecule has 25 heavy (non-hydrogen) atoms. The van der Waals surface area contributed by atoms with Gasteiger partial charge in [-0.2, -0.15) is 0 Å². The number of aryl methyl sites for hydroxylation is 1. The zero-order chi connectivity index (χ0) is 18.4. The summed E-state index contributed by atoms with van der Waals surface area (Å²) in [5.41, 5.74) is 2.34. The molecule has 0 radical (unpaired) electrons. The van der Waals surface area contributed by atoms with Crippen molar-refractivity contribution in [2.75, 3.05) is 18.9 Å². The number of hydrogen-bond donors (Lipinski definition) is 1. The summed E-state index contributed by atoms with van der Waals surface area (Å²) in [6.07, 6.45) is 2.93. The predicted octanol–water partition coefficient (Wildman–Crippen LogP) is 4.01. The van der Waals surface area contributed by atoms with Gasteiger partial charge in [0.1, 0.15) is 5.82 Å². The molecule has 0 heterocycles. The van der Waals surface area contributed by atoms with Crippen molar-refractivity contribution < 1.29 is 14.0 Å². The van der Waals surface area contributed by atoms with E-state index in [4.69, 9.17) is 0 Å². The molecule has 0 aliphatic carbocycles. The Morgan fingerprint density at radius 2 is 1.88 bits per heavy atom. The van der Waals surface area contributed by atoms with Crippen LogP contribution in [0.1, 0.15) is 11.1 Å². The third-order valence-corrected chi connectivity index (χ3v) is 4.00. The highest BCUT2D eigenvalue weighted by atomic mass is 79.9. The lowest BCUT2D eigenvalue weighted by atomic mass is 10.2. The number of halogens is 2. The highest BCUT2D eigenvalue weighted by Crippen LogP contribution is 2.19. The van der Waals surface area contributed by atoms with Gasteiger partial charge >= 0.3 is 0 Å². The molecule has 0 aliphatic rings. The number of carbonyl (C=O) groups excluding carboxylic acids is 2. The molecule has 0 aliphatic heterocycles. The number of benzene rings is 2. The second-order valence-corrected chi connectivity index (χ2v) is 6.50. The summed E-state index contributed by atoms with van der Waals surface area (Å²) < 4.78 is 13.8. The minimum absolute atomic E-state index is 0.0674. The van der Waals surface area contributed by atoms with Gasteiger partial charge in [-0.3, -0.25) is 9.59 Å². The fourth-order valence-electron chi connectivity index (χ4n) is 2.12. The lowest BCUT2D eigenvalue weighted by molar-refractivity contribution is -0.129. The molecule has 0 fully saturated rings. The second-order valence-electron chi connectivity index (χ2n) is 5.59. The van der Waals surface area contributed by atoms with Crippen molar-refractivity contribution in [2.45, 2.75) is 6.92 Å². The number of hydrogen-bond acceptors (Lipinski definition) is 2. The topological polar surface area (TPSA) is 49.4 Å². The van der Waals surface area contributed by atoms with Gasteiger partial charge in [0.25, 0.3) is 0 Å². The van der Waals surface area contributed by atoms with Crippen LogP contribution in [-0.4, -0.2) is 30.3 Å². The Morgan fingerprint density at radius 1 is 1.20 bits per heavy atom. The number of carbonyl (C=O) groups is 2. The number of nitrogens with one attached hydrogen (secondary N) is 1. The monoisotopic (exact) mass is 404 g/mol. The Kier molecular flexibility index (Phi) is 6.47. The smallest absolute Gasteiger partial charge is 0.246 e. The average molecular weight is 405 g/mol. The van der Waals surface area contributed by atoms with Crippen LogP contribution in [-0.2, 0) is 9.59 Å². The maximum atomic E-state index is 12.8. The second kappa shape index (κ2) is 8.58. The molecule has 0 saturated heterocycles. The summed E-state index contributed by atoms with van der Waals surface area (Å²) >= 11 is 3.37. The first-order valence-electron chi connectivity index (χ1n) is 7.60. The average Bonchev–Trinajstić information content (AvgIpc) is 2.56. The van der Waals surface area contributed by atoms with E-state index >= 15 is 0 Å². The molecule has 2 amide bonds. The Bertz CT molecular complexity index is 804. The van der Waals surface area contributed by atoms with E-state index in [0.717, 1.165) is 10.0 Å². The van der Waals surface area contributed by atoms with Crippen molar-refractivity contribution in [1.82, 2.24) is 4.90 Å². The van der Waals surface area contributed by atoms with Crippen LogP contribution in [0.4, 0.5) is 10.1 Å². The minimum atomic E-state index is -0.333. The van der Waals surface area contributed by atoms with Crippen LogP contribution < -0.4 is 5.32 Å². The van der Waals surface area contributed by atoms with Crippen LogP contribution in [0.3, 0.4) is 0 Å². The van der Waals surface area contributed by atoms with Crippen molar-refractivity contribution in [1.29, 1.82) is 0 Å². The van der Waals surface area contributed by atoms with Crippen LogP contribution in [0.2, 0.25) is 0 Å². The first kappa shape index (κ1) is 18.9. The van der Waals surface area contributed by atoms with Gasteiger partial charge in [0.05, 0.1) is 6.54 Å². The van der Waals surface area contributed by atoms with Crippen LogP contribution in [0.5, 0.6) is 0 Å².